The molecule has 0 aliphatic rings. The summed E-state index contributed by atoms with van der Waals surface area (Å²) in [6.07, 6.45) is 1.61. The van der Waals surface area contributed by atoms with Gasteiger partial charge >= 0.3 is 5.97 Å². The molecule has 2 rings (SSSR count). The first-order valence-corrected chi connectivity index (χ1v) is 7.63. The van der Waals surface area contributed by atoms with Crippen LogP contribution in [-0.4, -0.2) is 18.9 Å². The average Bonchev–Trinajstić information content (AvgIpc) is 2.53. The van der Waals surface area contributed by atoms with Gasteiger partial charge in [-0.15, -0.1) is 0 Å². The third-order valence-electron chi connectivity index (χ3n) is 2.83. The monoisotopic (exact) mass is 362 g/mol. The molecule has 22 heavy (non-hydrogen) atoms. The van der Waals surface area contributed by atoms with Crippen LogP contribution >= 0.6 is 15.9 Å². The first-order chi connectivity index (χ1) is 10.6. The van der Waals surface area contributed by atoms with Crippen LogP contribution in [0.5, 0.6) is 11.5 Å². The lowest BCUT2D eigenvalue weighted by Gasteiger charge is -2.09. The van der Waals surface area contributed by atoms with Crippen molar-refractivity contribution in [3.63, 3.8) is 0 Å². The van der Waals surface area contributed by atoms with Gasteiger partial charge in [-0.3, -0.25) is 4.79 Å². The summed E-state index contributed by atoms with van der Waals surface area (Å²) in [5.74, 6) is 0.518. The molecule has 2 aromatic rings. The summed E-state index contributed by atoms with van der Waals surface area (Å²) in [6, 6.07) is 11.4. The highest BCUT2D eigenvalue weighted by Crippen LogP contribution is 2.27. The number of benzene rings is 2. The zero-order valence-corrected chi connectivity index (χ0v) is 13.6. The van der Waals surface area contributed by atoms with Gasteiger partial charge in [0.1, 0.15) is 17.8 Å². The molecule has 0 bridgehead atoms. The molecule has 5 heteroatoms. The Morgan fingerprint density at radius 3 is 2.73 bits per heavy atom. The van der Waals surface area contributed by atoms with E-state index in [0.29, 0.717) is 40.0 Å². The average molecular weight is 363 g/mol. The third kappa shape index (κ3) is 4.18. The van der Waals surface area contributed by atoms with E-state index in [1.807, 2.05) is 6.92 Å². The number of aldehydes is 1. The molecule has 0 amide bonds. The maximum absolute atomic E-state index is 12.1. The minimum absolute atomic E-state index is 0.331. The Hall–Kier alpha value is -2.14. The fraction of sp³-hybridized carbons (Fsp3) is 0.176. The molecule has 0 radical (unpaired) electrons. The maximum atomic E-state index is 12.1. The van der Waals surface area contributed by atoms with Crippen LogP contribution in [0.3, 0.4) is 0 Å². The lowest BCUT2D eigenvalue weighted by molar-refractivity contribution is 0.0734. The van der Waals surface area contributed by atoms with Crippen molar-refractivity contribution >= 4 is 28.2 Å². The molecule has 0 aliphatic heterocycles. The number of halogens is 1. The van der Waals surface area contributed by atoms with E-state index in [0.717, 1.165) is 6.42 Å². The van der Waals surface area contributed by atoms with E-state index in [4.69, 9.17) is 9.47 Å². The number of rotatable bonds is 6. The SMILES string of the molecule is CCCOc1ccc(C(=O)Oc2cccc(C=O)c2)cc1Br. The van der Waals surface area contributed by atoms with Gasteiger partial charge in [0.15, 0.2) is 0 Å². The van der Waals surface area contributed by atoms with Crippen LogP contribution in [0.2, 0.25) is 0 Å². The Morgan fingerprint density at radius 2 is 2.05 bits per heavy atom. The summed E-state index contributed by atoms with van der Waals surface area (Å²) >= 11 is 3.37. The molecule has 0 spiro atoms. The van der Waals surface area contributed by atoms with E-state index in [1.165, 1.54) is 6.07 Å². The number of carbonyl (C=O) groups is 2. The molecule has 0 N–H and O–H groups in total. The highest BCUT2D eigenvalue weighted by molar-refractivity contribution is 9.10. The second kappa shape index (κ2) is 7.75. The van der Waals surface area contributed by atoms with Gasteiger partial charge in [-0.1, -0.05) is 19.1 Å². The van der Waals surface area contributed by atoms with E-state index >= 15 is 0 Å². The lowest BCUT2D eigenvalue weighted by atomic mass is 10.2. The summed E-state index contributed by atoms with van der Waals surface area (Å²) in [4.78, 5) is 22.8. The summed E-state index contributed by atoms with van der Waals surface area (Å²) in [5.41, 5.74) is 0.849. The van der Waals surface area contributed by atoms with Gasteiger partial charge in [-0.2, -0.15) is 0 Å². The molecule has 114 valence electrons. The largest absolute Gasteiger partial charge is 0.492 e. The molecule has 0 aliphatic carbocycles. The summed E-state index contributed by atoms with van der Waals surface area (Å²) in [6.45, 7) is 2.63. The Kier molecular flexibility index (Phi) is 5.72. The van der Waals surface area contributed by atoms with Crippen molar-refractivity contribution in [1.29, 1.82) is 0 Å². The topological polar surface area (TPSA) is 52.6 Å². The van der Waals surface area contributed by atoms with E-state index in [9.17, 15) is 9.59 Å². The number of hydrogen-bond acceptors (Lipinski definition) is 4. The molecule has 0 heterocycles. The highest BCUT2D eigenvalue weighted by Gasteiger charge is 2.12. The Bertz CT molecular complexity index is 682. The number of ether oxygens (including phenoxy) is 2. The Labute approximate surface area is 137 Å². The molecular weight excluding hydrogens is 348 g/mol. The first-order valence-electron chi connectivity index (χ1n) is 6.84. The van der Waals surface area contributed by atoms with E-state index in [-0.39, 0.29) is 0 Å². The Balaban J connectivity index is 2.12. The molecule has 0 unspecified atom stereocenters. The van der Waals surface area contributed by atoms with Crippen LogP contribution < -0.4 is 9.47 Å². The summed E-state index contributed by atoms with van der Waals surface area (Å²) < 4.78 is 11.5. The highest BCUT2D eigenvalue weighted by atomic mass is 79.9. The Morgan fingerprint density at radius 1 is 1.23 bits per heavy atom. The van der Waals surface area contributed by atoms with Crippen LogP contribution in [0.1, 0.15) is 34.1 Å². The van der Waals surface area contributed by atoms with Gasteiger partial charge in [0.05, 0.1) is 16.6 Å². The second-order valence-corrected chi connectivity index (χ2v) is 5.43. The smallest absolute Gasteiger partial charge is 0.343 e. The normalized spacial score (nSPS) is 10.1. The third-order valence-corrected chi connectivity index (χ3v) is 3.45. The predicted molar refractivity (Wildman–Crippen MR) is 86.7 cm³/mol. The lowest BCUT2D eigenvalue weighted by Crippen LogP contribution is -2.09. The van der Waals surface area contributed by atoms with Crippen LogP contribution in [0.4, 0.5) is 0 Å². The quantitative estimate of drug-likeness (QED) is 0.437. The van der Waals surface area contributed by atoms with Gasteiger partial charge in [-0.25, -0.2) is 4.79 Å². The standard InChI is InChI=1S/C17H15BrO4/c1-2-8-21-16-7-6-13(10-15(16)18)17(20)22-14-5-3-4-12(9-14)11-19/h3-7,9-11H,2,8H2,1H3. The second-order valence-electron chi connectivity index (χ2n) is 4.57. The molecule has 2 aromatic carbocycles. The first kappa shape index (κ1) is 16.2. The van der Waals surface area contributed by atoms with Gasteiger partial charge < -0.3 is 9.47 Å². The van der Waals surface area contributed by atoms with E-state index in [2.05, 4.69) is 15.9 Å². The summed E-state index contributed by atoms with van der Waals surface area (Å²) in [7, 11) is 0. The van der Waals surface area contributed by atoms with Gasteiger partial charge in [0.25, 0.3) is 0 Å². The van der Waals surface area contributed by atoms with Crippen LogP contribution in [0.25, 0.3) is 0 Å². The maximum Gasteiger partial charge on any atom is 0.343 e. The molecule has 0 fully saturated rings. The van der Waals surface area contributed by atoms with Gasteiger partial charge in [-0.05, 0) is 52.7 Å². The molecular formula is C17H15BrO4. The van der Waals surface area contributed by atoms with Crippen molar-refractivity contribution in [2.24, 2.45) is 0 Å². The van der Waals surface area contributed by atoms with Crippen molar-refractivity contribution in [2.75, 3.05) is 6.61 Å². The van der Waals surface area contributed by atoms with Crippen molar-refractivity contribution in [3.8, 4) is 11.5 Å². The van der Waals surface area contributed by atoms with Crippen molar-refractivity contribution in [2.45, 2.75) is 13.3 Å². The van der Waals surface area contributed by atoms with E-state index < -0.39 is 5.97 Å². The molecule has 0 saturated carbocycles. The number of hydrogen-bond donors (Lipinski definition) is 0. The molecule has 0 aromatic heterocycles. The van der Waals surface area contributed by atoms with Crippen molar-refractivity contribution in [1.82, 2.24) is 0 Å². The van der Waals surface area contributed by atoms with Crippen LogP contribution in [-0.2, 0) is 0 Å². The minimum atomic E-state index is -0.495. The van der Waals surface area contributed by atoms with Gasteiger partial charge in [0, 0.05) is 5.56 Å². The fourth-order valence-electron chi connectivity index (χ4n) is 1.77. The predicted octanol–water partition coefficient (Wildman–Crippen LogP) is 4.27. The zero-order chi connectivity index (χ0) is 15.9. The molecule has 0 saturated heterocycles. The zero-order valence-electron chi connectivity index (χ0n) is 12.0. The van der Waals surface area contributed by atoms with Crippen molar-refractivity contribution in [3.05, 3.63) is 58.1 Å². The fourth-order valence-corrected chi connectivity index (χ4v) is 2.27. The number of carbonyl (C=O) groups excluding carboxylic acids is 2. The van der Waals surface area contributed by atoms with Gasteiger partial charge in [0.2, 0.25) is 0 Å². The van der Waals surface area contributed by atoms with Crippen molar-refractivity contribution < 1.29 is 19.1 Å². The molecule has 0 atom stereocenters. The van der Waals surface area contributed by atoms with E-state index in [1.54, 1.807) is 36.4 Å². The molecule has 4 nitrogen and oxygen atoms in total. The summed E-state index contributed by atoms with van der Waals surface area (Å²) in [5, 5.41) is 0. The van der Waals surface area contributed by atoms with Crippen LogP contribution in [0, 0.1) is 0 Å². The number of esters is 1. The van der Waals surface area contributed by atoms with Crippen LogP contribution in [0.15, 0.2) is 46.9 Å². The minimum Gasteiger partial charge on any atom is -0.492 e.